The van der Waals surface area contributed by atoms with Crippen LogP contribution in [-0.2, 0) is 4.79 Å². The van der Waals surface area contributed by atoms with Crippen molar-refractivity contribution in [3.63, 3.8) is 0 Å². The van der Waals surface area contributed by atoms with E-state index in [2.05, 4.69) is 5.32 Å². The molecule has 5 heteroatoms. The lowest BCUT2D eigenvalue weighted by molar-refractivity contribution is -0.137. The maximum atomic E-state index is 12.3. The first-order valence-corrected chi connectivity index (χ1v) is 7.42. The van der Waals surface area contributed by atoms with Gasteiger partial charge in [0, 0.05) is 18.6 Å². The van der Waals surface area contributed by atoms with Crippen LogP contribution >= 0.6 is 0 Å². The number of carbonyl (C=O) groups excluding carboxylic acids is 1. The fourth-order valence-electron chi connectivity index (χ4n) is 2.63. The molecule has 0 spiro atoms. The number of carbonyl (C=O) groups is 2. The third-order valence-electron chi connectivity index (χ3n) is 4.29. The van der Waals surface area contributed by atoms with E-state index in [4.69, 9.17) is 5.11 Å². The fraction of sp³-hybridized carbons (Fsp3) is 0.857. The molecule has 5 nitrogen and oxygen atoms in total. The molecule has 3 saturated carbocycles. The molecule has 19 heavy (non-hydrogen) atoms. The molecule has 1 atom stereocenters. The van der Waals surface area contributed by atoms with Crippen LogP contribution in [0.1, 0.15) is 44.9 Å². The van der Waals surface area contributed by atoms with Gasteiger partial charge in [-0.25, -0.2) is 4.79 Å². The highest BCUT2D eigenvalue weighted by Gasteiger charge is 2.39. The lowest BCUT2D eigenvalue weighted by atomic mass is 10.1. The van der Waals surface area contributed by atoms with Gasteiger partial charge in [0.05, 0.1) is 6.42 Å². The van der Waals surface area contributed by atoms with Gasteiger partial charge in [-0.15, -0.1) is 0 Å². The minimum absolute atomic E-state index is 0.0347. The van der Waals surface area contributed by atoms with E-state index in [1.54, 1.807) is 0 Å². The van der Waals surface area contributed by atoms with E-state index in [-0.39, 0.29) is 18.5 Å². The van der Waals surface area contributed by atoms with Crippen molar-refractivity contribution in [1.29, 1.82) is 0 Å². The Hall–Kier alpha value is -1.26. The second-order valence-corrected chi connectivity index (χ2v) is 6.32. The summed E-state index contributed by atoms with van der Waals surface area (Å²) in [6, 6.07) is 0.197. The fourth-order valence-corrected chi connectivity index (χ4v) is 2.63. The molecule has 106 valence electrons. The Labute approximate surface area is 113 Å². The van der Waals surface area contributed by atoms with Crippen LogP contribution in [0.5, 0.6) is 0 Å². The normalized spacial score (nSPS) is 23.8. The van der Waals surface area contributed by atoms with Gasteiger partial charge in [-0.1, -0.05) is 0 Å². The Morgan fingerprint density at radius 2 is 1.84 bits per heavy atom. The smallest absolute Gasteiger partial charge is 0.317 e. The van der Waals surface area contributed by atoms with Crippen LogP contribution in [0.25, 0.3) is 0 Å². The highest BCUT2D eigenvalue weighted by Crippen LogP contribution is 2.36. The SMILES string of the molecule is O=C(O)CC(NC(=O)N(CC1CC1)C1CC1)C1CC1. The van der Waals surface area contributed by atoms with Gasteiger partial charge in [0.2, 0.25) is 0 Å². The Bertz CT molecular complexity index is 373. The summed E-state index contributed by atoms with van der Waals surface area (Å²) in [6.07, 6.45) is 6.82. The van der Waals surface area contributed by atoms with Crippen molar-refractivity contribution in [2.24, 2.45) is 11.8 Å². The van der Waals surface area contributed by atoms with Crippen LogP contribution in [0.3, 0.4) is 0 Å². The number of rotatable bonds is 7. The molecule has 0 bridgehead atoms. The summed E-state index contributed by atoms with van der Waals surface area (Å²) in [5.41, 5.74) is 0. The number of carboxylic acids is 1. The minimum atomic E-state index is -0.822. The van der Waals surface area contributed by atoms with Crippen molar-refractivity contribution in [2.45, 2.75) is 57.0 Å². The quantitative estimate of drug-likeness (QED) is 0.738. The van der Waals surface area contributed by atoms with E-state index in [0.717, 1.165) is 32.2 Å². The maximum absolute atomic E-state index is 12.3. The first kappa shape index (κ1) is 12.8. The topological polar surface area (TPSA) is 69.6 Å². The van der Waals surface area contributed by atoms with Crippen molar-refractivity contribution in [1.82, 2.24) is 10.2 Å². The van der Waals surface area contributed by atoms with Crippen LogP contribution in [0, 0.1) is 11.8 Å². The molecule has 0 heterocycles. The zero-order chi connectivity index (χ0) is 13.4. The van der Waals surface area contributed by atoms with Crippen LogP contribution in [-0.4, -0.2) is 40.6 Å². The van der Waals surface area contributed by atoms with E-state index in [1.807, 2.05) is 4.90 Å². The summed E-state index contributed by atoms with van der Waals surface area (Å²) < 4.78 is 0. The standard InChI is InChI=1S/C14H22N2O3/c17-13(18)7-12(10-3-4-10)15-14(19)16(11-5-6-11)8-9-1-2-9/h9-12H,1-8H2,(H,15,19)(H,17,18). The third-order valence-corrected chi connectivity index (χ3v) is 4.29. The monoisotopic (exact) mass is 266 g/mol. The van der Waals surface area contributed by atoms with Crippen molar-refractivity contribution in [2.75, 3.05) is 6.54 Å². The molecule has 0 saturated heterocycles. The van der Waals surface area contributed by atoms with Crippen LogP contribution < -0.4 is 5.32 Å². The largest absolute Gasteiger partial charge is 0.481 e. The predicted molar refractivity (Wildman–Crippen MR) is 69.7 cm³/mol. The molecular formula is C14H22N2O3. The van der Waals surface area contributed by atoms with E-state index < -0.39 is 5.97 Å². The number of carboxylic acid groups (broad SMARTS) is 1. The van der Waals surface area contributed by atoms with Gasteiger partial charge in [0.25, 0.3) is 0 Å². The van der Waals surface area contributed by atoms with Crippen LogP contribution in [0.15, 0.2) is 0 Å². The Kier molecular flexibility index (Phi) is 3.37. The number of hydrogen-bond donors (Lipinski definition) is 2. The predicted octanol–water partition coefficient (Wildman–Crippen LogP) is 1.82. The van der Waals surface area contributed by atoms with E-state index >= 15 is 0 Å². The number of nitrogens with one attached hydrogen (secondary N) is 1. The van der Waals surface area contributed by atoms with E-state index in [1.165, 1.54) is 12.8 Å². The molecule has 3 aliphatic rings. The first-order valence-electron chi connectivity index (χ1n) is 7.42. The lowest BCUT2D eigenvalue weighted by Gasteiger charge is -2.26. The molecular weight excluding hydrogens is 244 g/mol. The Balaban J connectivity index is 1.55. The van der Waals surface area contributed by atoms with E-state index in [0.29, 0.717) is 17.9 Å². The molecule has 1 unspecified atom stereocenters. The summed E-state index contributed by atoms with van der Waals surface area (Å²) >= 11 is 0. The average molecular weight is 266 g/mol. The minimum Gasteiger partial charge on any atom is -0.481 e. The molecule has 0 radical (unpaired) electrons. The number of nitrogens with zero attached hydrogens (tertiary/aromatic N) is 1. The van der Waals surface area contributed by atoms with Gasteiger partial charge in [0.1, 0.15) is 0 Å². The zero-order valence-electron chi connectivity index (χ0n) is 11.2. The molecule has 0 aromatic heterocycles. The van der Waals surface area contributed by atoms with Gasteiger partial charge >= 0.3 is 12.0 Å². The van der Waals surface area contributed by atoms with E-state index in [9.17, 15) is 9.59 Å². The van der Waals surface area contributed by atoms with Gasteiger partial charge < -0.3 is 15.3 Å². The maximum Gasteiger partial charge on any atom is 0.317 e. The van der Waals surface area contributed by atoms with Gasteiger partial charge in [-0.2, -0.15) is 0 Å². The molecule has 0 aromatic rings. The number of hydrogen-bond acceptors (Lipinski definition) is 2. The van der Waals surface area contributed by atoms with Crippen LogP contribution in [0.4, 0.5) is 4.79 Å². The van der Waals surface area contributed by atoms with Gasteiger partial charge in [-0.05, 0) is 50.4 Å². The van der Waals surface area contributed by atoms with Crippen molar-refractivity contribution >= 4 is 12.0 Å². The average Bonchev–Trinajstić information content (AvgIpc) is 3.23. The van der Waals surface area contributed by atoms with Gasteiger partial charge in [-0.3, -0.25) is 4.79 Å². The molecule has 3 fully saturated rings. The second-order valence-electron chi connectivity index (χ2n) is 6.32. The highest BCUT2D eigenvalue weighted by molar-refractivity contribution is 5.76. The summed E-state index contributed by atoms with van der Waals surface area (Å²) in [4.78, 5) is 25.1. The zero-order valence-corrected chi connectivity index (χ0v) is 11.2. The first-order chi connectivity index (χ1) is 9.13. The molecule has 3 aliphatic carbocycles. The molecule has 2 N–H and O–H groups in total. The molecule has 0 aliphatic heterocycles. The van der Waals surface area contributed by atoms with Crippen molar-refractivity contribution < 1.29 is 14.7 Å². The van der Waals surface area contributed by atoms with Gasteiger partial charge in [0.15, 0.2) is 0 Å². The molecule has 3 rings (SSSR count). The summed E-state index contributed by atoms with van der Waals surface area (Å²) in [5.74, 6) is 0.240. The highest BCUT2D eigenvalue weighted by atomic mass is 16.4. The van der Waals surface area contributed by atoms with Crippen molar-refractivity contribution in [3.8, 4) is 0 Å². The van der Waals surface area contributed by atoms with Crippen LogP contribution in [0.2, 0.25) is 0 Å². The second kappa shape index (κ2) is 5.02. The lowest BCUT2D eigenvalue weighted by Crippen LogP contribution is -2.48. The summed E-state index contributed by atoms with van der Waals surface area (Å²) in [5, 5.41) is 11.9. The Morgan fingerprint density at radius 3 is 2.32 bits per heavy atom. The van der Waals surface area contributed by atoms with Crippen molar-refractivity contribution in [3.05, 3.63) is 0 Å². The summed E-state index contributed by atoms with van der Waals surface area (Å²) in [7, 11) is 0. The number of aliphatic carboxylic acids is 1. The third kappa shape index (κ3) is 3.61. The Morgan fingerprint density at radius 1 is 1.16 bits per heavy atom. The molecule has 2 amide bonds. The number of urea groups is 1. The summed E-state index contributed by atoms with van der Waals surface area (Å²) in [6.45, 7) is 0.862. The molecule has 0 aromatic carbocycles. The number of amides is 2.